The fraction of sp³-hybridized carbons (Fsp3) is 0.435. The lowest BCUT2D eigenvalue weighted by atomic mass is 9.81. The van der Waals surface area contributed by atoms with Crippen LogP contribution in [0.15, 0.2) is 36.4 Å². The predicted octanol–water partition coefficient (Wildman–Crippen LogP) is 3.03. The van der Waals surface area contributed by atoms with Crippen molar-refractivity contribution in [2.75, 3.05) is 13.7 Å². The van der Waals surface area contributed by atoms with Gasteiger partial charge in [-0.2, -0.15) is 0 Å². The van der Waals surface area contributed by atoms with Crippen LogP contribution in [0.3, 0.4) is 0 Å². The van der Waals surface area contributed by atoms with Gasteiger partial charge in [-0.25, -0.2) is 0 Å². The molecule has 1 saturated carbocycles. The molecule has 2 aliphatic rings. The zero-order valence-corrected chi connectivity index (χ0v) is 16.6. The third-order valence-corrected chi connectivity index (χ3v) is 6.10. The van der Waals surface area contributed by atoms with Crippen molar-refractivity contribution >= 4 is 28.5 Å². The van der Waals surface area contributed by atoms with Gasteiger partial charge < -0.3 is 10.1 Å². The maximum atomic E-state index is 12.5. The number of carbonyl (C=O) groups is 3. The standard InChI is InChI=1S/C23H26N2O4/c1-29-18-9-8-16-12-15(6-7-17(16)13-18)14-24-21(26)10-11-25-22(27)19-4-2-3-5-20(19)23(25)28/h6-9,12-13,19-20H,2-5,10-11,14H2,1H3,(H,24,26). The maximum Gasteiger partial charge on any atom is 0.233 e. The summed E-state index contributed by atoms with van der Waals surface area (Å²) < 4.78 is 5.24. The largest absolute Gasteiger partial charge is 0.497 e. The summed E-state index contributed by atoms with van der Waals surface area (Å²) in [5, 5.41) is 5.04. The van der Waals surface area contributed by atoms with Gasteiger partial charge in [-0.3, -0.25) is 19.3 Å². The number of hydrogen-bond acceptors (Lipinski definition) is 4. The molecule has 29 heavy (non-hydrogen) atoms. The second-order valence-electron chi connectivity index (χ2n) is 7.90. The van der Waals surface area contributed by atoms with Crippen LogP contribution in [0.1, 0.15) is 37.7 Å². The van der Waals surface area contributed by atoms with Crippen molar-refractivity contribution in [3.8, 4) is 5.75 Å². The average Bonchev–Trinajstić information content (AvgIpc) is 3.00. The van der Waals surface area contributed by atoms with E-state index in [1.807, 2.05) is 36.4 Å². The molecule has 0 radical (unpaired) electrons. The molecule has 0 spiro atoms. The van der Waals surface area contributed by atoms with E-state index in [1.54, 1.807) is 7.11 Å². The molecule has 2 aromatic rings. The molecule has 0 aromatic heterocycles. The number of benzene rings is 2. The van der Waals surface area contributed by atoms with Crippen LogP contribution in [-0.2, 0) is 20.9 Å². The van der Waals surface area contributed by atoms with Gasteiger partial charge in [-0.1, -0.05) is 31.0 Å². The Kier molecular flexibility index (Phi) is 5.51. The molecule has 2 atom stereocenters. The Labute approximate surface area is 170 Å². The van der Waals surface area contributed by atoms with Gasteiger partial charge in [-0.15, -0.1) is 0 Å². The molecule has 1 heterocycles. The van der Waals surface area contributed by atoms with Crippen LogP contribution < -0.4 is 10.1 Å². The van der Waals surface area contributed by atoms with Gasteiger partial charge in [0.15, 0.2) is 0 Å². The van der Waals surface area contributed by atoms with Crippen LogP contribution in [0.5, 0.6) is 5.75 Å². The Morgan fingerprint density at radius 3 is 2.38 bits per heavy atom. The first-order valence-electron chi connectivity index (χ1n) is 10.3. The van der Waals surface area contributed by atoms with Crippen molar-refractivity contribution < 1.29 is 19.1 Å². The highest BCUT2D eigenvalue weighted by Crippen LogP contribution is 2.37. The smallest absolute Gasteiger partial charge is 0.233 e. The van der Waals surface area contributed by atoms with Crippen molar-refractivity contribution in [3.63, 3.8) is 0 Å². The second kappa shape index (κ2) is 8.23. The first-order valence-corrected chi connectivity index (χ1v) is 10.3. The van der Waals surface area contributed by atoms with Gasteiger partial charge in [0.05, 0.1) is 18.9 Å². The predicted molar refractivity (Wildman–Crippen MR) is 109 cm³/mol. The zero-order valence-electron chi connectivity index (χ0n) is 16.6. The molecule has 2 unspecified atom stereocenters. The van der Waals surface area contributed by atoms with Crippen LogP contribution in [-0.4, -0.2) is 36.3 Å². The highest BCUT2D eigenvalue weighted by Gasteiger charge is 2.47. The SMILES string of the molecule is COc1ccc2cc(CNC(=O)CCN3C(=O)C4CCCCC4C3=O)ccc2c1. The molecular weight excluding hydrogens is 368 g/mol. The number of carbonyl (C=O) groups excluding carboxylic acids is 3. The van der Waals surface area contributed by atoms with Crippen LogP contribution >= 0.6 is 0 Å². The summed E-state index contributed by atoms with van der Waals surface area (Å²) >= 11 is 0. The Morgan fingerprint density at radius 1 is 1.03 bits per heavy atom. The number of rotatable bonds is 6. The Hall–Kier alpha value is -2.89. The number of fused-ring (bicyclic) bond motifs is 2. The van der Waals surface area contributed by atoms with Gasteiger partial charge >= 0.3 is 0 Å². The highest BCUT2D eigenvalue weighted by atomic mass is 16.5. The van der Waals surface area contributed by atoms with Gasteiger partial charge in [0.2, 0.25) is 17.7 Å². The molecule has 2 aromatic carbocycles. The van der Waals surface area contributed by atoms with Gasteiger partial charge in [0.1, 0.15) is 5.75 Å². The number of nitrogens with zero attached hydrogens (tertiary/aromatic N) is 1. The summed E-state index contributed by atoms with van der Waals surface area (Å²) in [4.78, 5) is 38.5. The molecule has 3 amide bonds. The third-order valence-electron chi connectivity index (χ3n) is 6.10. The first-order chi connectivity index (χ1) is 14.1. The molecule has 1 saturated heterocycles. The minimum Gasteiger partial charge on any atom is -0.497 e. The fourth-order valence-electron chi connectivity index (χ4n) is 4.46. The van der Waals surface area contributed by atoms with Crippen molar-refractivity contribution in [3.05, 3.63) is 42.0 Å². The van der Waals surface area contributed by atoms with E-state index in [9.17, 15) is 14.4 Å². The number of ether oxygens (including phenoxy) is 1. The molecule has 0 bridgehead atoms. The second-order valence-corrected chi connectivity index (χ2v) is 7.90. The zero-order chi connectivity index (χ0) is 20.4. The third kappa shape index (κ3) is 3.97. The lowest BCUT2D eigenvalue weighted by Gasteiger charge is -2.19. The van der Waals surface area contributed by atoms with E-state index < -0.39 is 0 Å². The molecule has 6 heteroatoms. The summed E-state index contributed by atoms with van der Waals surface area (Å²) in [7, 11) is 1.64. The summed E-state index contributed by atoms with van der Waals surface area (Å²) in [5.74, 6) is 0.167. The van der Waals surface area contributed by atoms with E-state index in [2.05, 4.69) is 5.32 Å². The summed E-state index contributed by atoms with van der Waals surface area (Å²) in [6, 6.07) is 11.9. The lowest BCUT2D eigenvalue weighted by Crippen LogP contribution is -2.35. The van der Waals surface area contributed by atoms with Crippen molar-refractivity contribution in [1.29, 1.82) is 0 Å². The van der Waals surface area contributed by atoms with Crippen molar-refractivity contribution in [2.45, 2.75) is 38.6 Å². The van der Waals surface area contributed by atoms with E-state index in [4.69, 9.17) is 4.74 Å². The monoisotopic (exact) mass is 394 g/mol. The number of imide groups is 1. The summed E-state index contributed by atoms with van der Waals surface area (Å²) in [5.41, 5.74) is 0.996. The highest BCUT2D eigenvalue weighted by molar-refractivity contribution is 6.05. The average molecular weight is 394 g/mol. The van der Waals surface area contributed by atoms with Gasteiger partial charge in [0, 0.05) is 19.5 Å². The minimum absolute atomic E-state index is 0.0857. The molecule has 4 rings (SSSR count). The molecule has 1 aliphatic heterocycles. The first kappa shape index (κ1) is 19.4. The van der Waals surface area contributed by atoms with Gasteiger partial charge in [-0.05, 0) is 47.4 Å². The van der Waals surface area contributed by atoms with E-state index in [0.29, 0.717) is 6.54 Å². The maximum absolute atomic E-state index is 12.5. The molecule has 1 aliphatic carbocycles. The van der Waals surface area contributed by atoms with E-state index in [-0.39, 0.29) is 42.5 Å². The normalized spacial score (nSPS) is 21.3. The van der Waals surface area contributed by atoms with Crippen molar-refractivity contribution in [1.82, 2.24) is 10.2 Å². The summed E-state index contributed by atoms with van der Waals surface area (Å²) in [6.07, 6.45) is 3.75. The van der Waals surface area contributed by atoms with Crippen LogP contribution in [0, 0.1) is 11.8 Å². The minimum atomic E-state index is -0.157. The van der Waals surface area contributed by atoms with Gasteiger partial charge in [0.25, 0.3) is 0 Å². The Morgan fingerprint density at radius 2 is 1.69 bits per heavy atom. The lowest BCUT2D eigenvalue weighted by molar-refractivity contribution is -0.140. The number of methoxy groups -OCH3 is 1. The number of likely N-dealkylation sites (tertiary alicyclic amines) is 1. The summed E-state index contributed by atoms with van der Waals surface area (Å²) in [6.45, 7) is 0.585. The quantitative estimate of drug-likeness (QED) is 0.764. The van der Waals surface area contributed by atoms with Crippen molar-refractivity contribution in [2.24, 2.45) is 11.8 Å². The molecular formula is C23H26N2O4. The Bertz CT molecular complexity index is 931. The number of nitrogens with one attached hydrogen (secondary N) is 1. The number of amides is 3. The number of hydrogen-bond donors (Lipinski definition) is 1. The molecule has 6 nitrogen and oxygen atoms in total. The molecule has 152 valence electrons. The molecule has 2 fully saturated rings. The van der Waals surface area contributed by atoms with Crippen LogP contribution in [0.2, 0.25) is 0 Å². The van der Waals surface area contributed by atoms with E-state index in [0.717, 1.165) is 47.8 Å². The Balaban J connectivity index is 1.30. The topological polar surface area (TPSA) is 75.7 Å². The molecule has 1 N–H and O–H groups in total. The van der Waals surface area contributed by atoms with E-state index >= 15 is 0 Å². The fourth-order valence-corrected chi connectivity index (χ4v) is 4.46. The van der Waals surface area contributed by atoms with Crippen LogP contribution in [0.25, 0.3) is 10.8 Å². The van der Waals surface area contributed by atoms with Crippen LogP contribution in [0.4, 0.5) is 0 Å². The van der Waals surface area contributed by atoms with E-state index in [1.165, 1.54) is 4.90 Å².